The fourth-order valence-electron chi connectivity index (χ4n) is 3.86. The molecule has 3 rings (SSSR count). The number of nitrogens with zero attached hydrogens (tertiary/aromatic N) is 2. The summed E-state index contributed by atoms with van der Waals surface area (Å²) in [7, 11) is 1.70. The third-order valence-electron chi connectivity index (χ3n) is 5.38. The number of amides is 1. The predicted molar refractivity (Wildman–Crippen MR) is 115 cm³/mol. The number of benzene rings is 2. The Bertz CT molecular complexity index is 743. The monoisotopic (exact) mass is 381 g/mol. The Kier molecular flexibility index (Phi) is 7.31. The first-order chi connectivity index (χ1) is 13.7. The minimum Gasteiger partial charge on any atom is -0.495 e. The lowest BCUT2D eigenvalue weighted by Gasteiger charge is -2.38. The van der Waals surface area contributed by atoms with Gasteiger partial charge in [-0.05, 0) is 37.1 Å². The number of para-hydroxylation sites is 3. The average molecular weight is 382 g/mol. The lowest BCUT2D eigenvalue weighted by molar-refractivity contribution is -0.119. The number of piperidine rings is 1. The molecule has 1 N–H and O–H groups in total. The van der Waals surface area contributed by atoms with Gasteiger partial charge in [-0.3, -0.25) is 4.79 Å². The summed E-state index contributed by atoms with van der Waals surface area (Å²) in [5, 5.41) is 3.47. The highest BCUT2D eigenvalue weighted by Gasteiger charge is 2.28. The molecule has 0 aliphatic carbocycles. The van der Waals surface area contributed by atoms with Crippen LogP contribution in [-0.4, -0.2) is 50.1 Å². The zero-order valence-electron chi connectivity index (χ0n) is 16.9. The summed E-state index contributed by atoms with van der Waals surface area (Å²) in [6.45, 7) is 5.83. The van der Waals surface area contributed by atoms with Crippen molar-refractivity contribution in [2.75, 3.05) is 43.5 Å². The molecule has 150 valence electrons. The Balaban J connectivity index is 1.51. The van der Waals surface area contributed by atoms with Crippen molar-refractivity contribution in [3.8, 4) is 5.75 Å². The molecule has 0 spiro atoms. The number of carbonyl (C=O) groups is 1. The van der Waals surface area contributed by atoms with Gasteiger partial charge in [0, 0.05) is 44.3 Å². The van der Waals surface area contributed by atoms with Gasteiger partial charge >= 0.3 is 0 Å². The van der Waals surface area contributed by atoms with Crippen molar-refractivity contribution in [2.24, 2.45) is 0 Å². The first kappa shape index (κ1) is 20.2. The Hall–Kier alpha value is -2.53. The molecule has 0 atom stereocenters. The number of nitrogens with one attached hydrogen (secondary N) is 1. The van der Waals surface area contributed by atoms with E-state index in [1.807, 2.05) is 66.4 Å². The molecule has 5 nitrogen and oxygen atoms in total. The number of ether oxygens (including phenoxy) is 1. The smallest absolute Gasteiger partial charge is 0.226 e. The van der Waals surface area contributed by atoms with E-state index in [-0.39, 0.29) is 11.9 Å². The van der Waals surface area contributed by atoms with Crippen LogP contribution in [0.15, 0.2) is 54.6 Å². The van der Waals surface area contributed by atoms with Gasteiger partial charge in [0.15, 0.2) is 0 Å². The van der Waals surface area contributed by atoms with Gasteiger partial charge in [-0.1, -0.05) is 37.3 Å². The van der Waals surface area contributed by atoms with Crippen LogP contribution in [0.5, 0.6) is 5.75 Å². The highest BCUT2D eigenvalue weighted by atomic mass is 16.5. The first-order valence-electron chi connectivity index (χ1n) is 10.2. The summed E-state index contributed by atoms with van der Waals surface area (Å²) in [6.07, 6.45) is 2.56. The molecule has 5 heteroatoms. The molecule has 1 heterocycles. The minimum atomic E-state index is 0.211. The van der Waals surface area contributed by atoms with Gasteiger partial charge in [0.1, 0.15) is 5.75 Å². The predicted octanol–water partition coefficient (Wildman–Crippen LogP) is 4.01. The third-order valence-corrected chi connectivity index (χ3v) is 5.38. The van der Waals surface area contributed by atoms with Crippen LogP contribution in [0.4, 0.5) is 11.4 Å². The average Bonchev–Trinajstić information content (AvgIpc) is 2.76. The van der Waals surface area contributed by atoms with Crippen molar-refractivity contribution < 1.29 is 9.53 Å². The van der Waals surface area contributed by atoms with Gasteiger partial charge in [-0.2, -0.15) is 0 Å². The zero-order valence-corrected chi connectivity index (χ0v) is 16.9. The molecule has 1 amide bonds. The van der Waals surface area contributed by atoms with Crippen LogP contribution >= 0.6 is 0 Å². The normalized spacial score (nSPS) is 15.2. The number of rotatable bonds is 8. The quantitative estimate of drug-likeness (QED) is 0.750. The van der Waals surface area contributed by atoms with Crippen molar-refractivity contribution in [2.45, 2.75) is 32.2 Å². The zero-order chi connectivity index (χ0) is 19.8. The Morgan fingerprint density at radius 1 is 1.11 bits per heavy atom. The molecular formula is C23H31N3O2. The largest absolute Gasteiger partial charge is 0.495 e. The second kappa shape index (κ2) is 10.1. The van der Waals surface area contributed by atoms with Crippen LogP contribution < -0.4 is 15.0 Å². The van der Waals surface area contributed by atoms with E-state index in [9.17, 15) is 4.79 Å². The molecule has 0 saturated carbocycles. The summed E-state index contributed by atoms with van der Waals surface area (Å²) in [6, 6.07) is 18.4. The summed E-state index contributed by atoms with van der Waals surface area (Å²) >= 11 is 0. The van der Waals surface area contributed by atoms with Crippen LogP contribution in [0, 0.1) is 0 Å². The molecule has 1 saturated heterocycles. The van der Waals surface area contributed by atoms with Gasteiger partial charge in [0.2, 0.25) is 5.91 Å². The highest BCUT2D eigenvalue weighted by Crippen LogP contribution is 2.25. The topological polar surface area (TPSA) is 44.8 Å². The molecule has 1 aliphatic heterocycles. The number of carbonyl (C=O) groups excluding carboxylic acids is 1. The molecule has 2 aromatic carbocycles. The maximum Gasteiger partial charge on any atom is 0.226 e. The SMILES string of the molecule is CCC(=O)N(c1ccccc1)C1CCN(CCNc2ccccc2OC)CC1. The van der Waals surface area contributed by atoms with E-state index in [0.717, 1.165) is 56.1 Å². The molecule has 0 aromatic heterocycles. The second-order valence-electron chi connectivity index (χ2n) is 7.15. The minimum absolute atomic E-state index is 0.211. The van der Waals surface area contributed by atoms with Crippen LogP contribution in [0.25, 0.3) is 0 Å². The maximum atomic E-state index is 12.6. The van der Waals surface area contributed by atoms with Crippen molar-refractivity contribution in [1.82, 2.24) is 4.90 Å². The Morgan fingerprint density at radius 2 is 1.79 bits per heavy atom. The molecule has 28 heavy (non-hydrogen) atoms. The molecule has 0 unspecified atom stereocenters. The van der Waals surface area contributed by atoms with E-state index in [1.165, 1.54) is 0 Å². The lowest BCUT2D eigenvalue weighted by atomic mass is 10.0. The lowest BCUT2D eigenvalue weighted by Crippen LogP contribution is -2.48. The van der Waals surface area contributed by atoms with E-state index in [1.54, 1.807) is 7.11 Å². The van der Waals surface area contributed by atoms with E-state index in [0.29, 0.717) is 6.42 Å². The molecule has 0 bridgehead atoms. The van der Waals surface area contributed by atoms with E-state index < -0.39 is 0 Å². The van der Waals surface area contributed by atoms with Crippen LogP contribution in [-0.2, 0) is 4.79 Å². The third kappa shape index (κ3) is 5.04. The van der Waals surface area contributed by atoms with E-state index >= 15 is 0 Å². The molecule has 1 aliphatic rings. The molecular weight excluding hydrogens is 350 g/mol. The molecule has 2 aromatic rings. The molecule has 0 radical (unpaired) electrons. The van der Waals surface area contributed by atoms with Crippen molar-refractivity contribution in [3.63, 3.8) is 0 Å². The number of hydrogen-bond acceptors (Lipinski definition) is 4. The van der Waals surface area contributed by atoms with Gasteiger partial charge in [0.05, 0.1) is 12.8 Å². The Labute approximate surface area is 168 Å². The van der Waals surface area contributed by atoms with Gasteiger partial charge in [-0.15, -0.1) is 0 Å². The number of methoxy groups -OCH3 is 1. The van der Waals surface area contributed by atoms with Crippen LogP contribution in [0.3, 0.4) is 0 Å². The number of hydrogen-bond donors (Lipinski definition) is 1. The van der Waals surface area contributed by atoms with Gasteiger partial charge in [0.25, 0.3) is 0 Å². The van der Waals surface area contributed by atoms with Gasteiger partial charge < -0.3 is 19.9 Å². The van der Waals surface area contributed by atoms with Crippen molar-refractivity contribution in [1.29, 1.82) is 0 Å². The second-order valence-corrected chi connectivity index (χ2v) is 7.15. The van der Waals surface area contributed by atoms with E-state index in [2.05, 4.69) is 10.2 Å². The van der Waals surface area contributed by atoms with E-state index in [4.69, 9.17) is 4.74 Å². The maximum absolute atomic E-state index is 12.6. The molecule has 1 fully saturated rings. The first-order valence-corrected chi connectivity index (χ1v) is 10.2. The summed E-state index contributed by atoms with van der Waals surface area (Å²) in [5.74, 6) is 1.08. The van der Waals surface area contributed by atoms with Crippen molar-refractivity contribution >= 4 is 17.3 Å². The number of likely N-dealkylation sites (tertiary alicyclic amines) is 1. The fourth-order valence-corrected chi connectivity index (χ4v) is 3.86. The van der Waals surface area contributed by atoms with Crippen LogP contribution in [0.1, 0.15) is 26.2 Å². The number of anilines is 2. The standard InChI is InChI=1S/C23H31N3O2/c1-3-23(27)26(19-9-5-4-6-10-19)20-13-16-25(17-14-20)18-15-24-21-11-7-8-12-22(21)28-2/h4-12,20,24H,3,13-18H2,1-2H3. The summed E-state index contributed by atoms with van der Waals surface area (Å²) in [5.41, 5.74) is 2.05. The fraction of sp³-hybridized carbons (Fsp3) is 0.435. The highest BCUT2D eigenvalue weighted by molar-refractivity contribution is 5.93. The summed E-state index contributed by atoms with van der Waals surface area (Å²) in [4.78, 5) is 17.1. The van der Waals surface area contributed by atoms with Crippen LogP contribution in [0.2, 0.25) is 0 Å². The van der Waals surface area contributed by atoms with Crippen molar-refractivity contribution in [3.05, 3.63) is 54.6 Å². The Morgan fingerprint density at radius 3 is 2.46 bits per heavy atom. The summed E-state index contributed by atoms with van der Waals surface area (Å²) < 4.78 is 5.39. The van der Waals surface area contributed by atoms with Gasteiger partial charge in [-0.25, -0.2) is 0 Å².